The largest absolute Gasteiger partial charge is 0.462 e. The number of carbonyl (C=O) groups excluding carboxylic acids is 1. The lowest BCUT2D eigenvalue weighted by molar-refractivity contribution is 0.0505. The topological polar surface area (TPSA) is 37.7 Å². The Balaban J connectivity index is 1.93. The van der Waals surface area contributed by atoms with Gasteiger partial charge in [0, 0.05) is 44.3 Å². The number of carbonyl (C=O) groups is 1. The fourth-order valence-electron chi connectivity index (χ4n) is 2.95. The molecule has 1 aromatic carbocycles. The lowest BCUT2D eigenvalue weighted by Crippen LogP contribution is -2.45. The van der Waals surface area contributed by atoms with Crippen molar-refractivity contribution in [3.63, 3.8) is 0 Å². The number of benzene rings is 1. The van der Waals surface area contributed by atoms with Crippen LogP contribution in [0.4, 0.5) is 5.69 Å². The molecule has 0 bridgehead atoms. The number of nitrogens with zero attached hydrogens (tertiary/aromatic N) is 3. The maximum absolute atomic E-state index is 12.6. The number of hydrogen-bond donors (Lipinski definition) is 0. The van der Waals surface area contributed by atoms with Crippen molar-refractivity contribution in [1.29, 1.82) is 0 Å². The molecule has 0 N–H and O–H groups in total. The minimum Gasteiger partial charge on any atom is -0.462 e. The van der Waals surface area contributed by atoms with Gasteiger partial charge in [0.1, 0.15) is 0 Å². The Morgan fingerprint density at radius 1 is 1.12 bits per heavy atom. The Morgan fingerprint density at radius 3 is 2.50 bits per heavy atom. The normalized spacial score (nSPS) is 15.5. The number of esters is 1. The van der Waals surface area contributed by atoms with Crippen molar-refractivity contribution in [2.75, 3.05) is 44.7 Å². The van der Waals surface area contributed by atoms with Crippen molar-refractivity contribution in [1.82, 2.24) is 9.47 Å². The van der Waals surface area contributed by atoms with Gasteiger partial charge in [-0.25, -0.2) is 4.79 Å². The van der Waals surface area contributed by atoms with Crippen molar-refractivity contribution >= 4 is 11.7 Å². The van der Waals surface area contributed by atoms with Crippen molar-refractivity contribution in [2.45, 2.75) is 13.3 Å². The zero-order valence-corrected chi connectivity index (χ0v) is 14.4. The molecule has 0 atom stereocenters. The van der Waals surface area contributed by atoms with E-state index in [2.05, 4.69) is 22.9 Å². The van der Waals surface area contributed by atoms with Crippen molar-refractivity contribution in [2.24, 2.45) is 0 Å². The molecular weight excluding hydrogens is 302 g/mol. The average molecular weight is 327 g/mol. The van der Waals surface area contributed by atoms with Gasteiger partial charge in [-0.2, -0.15) is 0 Å². The fourth-order valence-corrected chi connectivity index (χ4v) is 2.95. The molecular formula is C19H25N3O2. The summed E-state index contributed by atoms with van der Waals surface area (Å²) in [5, 5.41) is 0. The molecule has 128 valence electrons. The Labute approximate surface area is 143 Å². The van der Waals surface area contributed by atoms with Crippen LogP contribution in [0.3, 0.4) is 0 Å². The predicted molar refractivity (Wildman–Crippen MR) is 96.1 cm³/mol. The summed E-state index contributed by atoms with van der Waals surface area (Å²) in [5.41, 5.74) is 2.60. The molecule has 2 aromatic rings. The Bertz CT molecular complexity index is 674. The number of ether oxygens (including phenoxy) is 1. The first-order valence-electron chi connectivity index (χ1n) is 8.57. The molecule has 0 saturated carbocycles. The maximum atomic E-state index is 12.6. The molecule has 1 saturated heterocycles. The van der Waals surface area contributed by atoms with Crippen LogP contribution >= 0.6 is 0 Å². The number of piperazine rings is 1. The molecule has 1 aromatic heterocycles. The van der Waals surface area contributed by atoms with Crippen LogP contribution in [0, 0.1) is 0 Å². The van der Waals surface area contributed by atoms with Gasteiger partial charge in [0.15, 0.2) is 0 Å². The molecule has 0 spiro atoms. The fraction of sp³-hybridized carbons (Fsp3) is 0.421. The minimum atomic E-state index is -0.236. The van der Waals surface area contributed by atoms with Crippen LogP contribution in [-0.2, 0) is 4.74 Å². The molecule has 5 nitrogen and oxygen atoms in total. The summed E-state index contributed by atoms with van der Waals surface area (Å²) in [6, 6.07) is 9.99. The van der Waals surface area contributed by atoms with Gasteiger partial charge in [-0.3, -0.25) is 0 Å². The molecule has 5 heteroatoms. The Hall–Kier alpha value is -2.27. The average Bonchev–Trinajstić information content (AvgIpc) is 3.14. The monoisotopic (exact) mass is 327 g/mol. The van der Waals surface area contributed by atoms with Crippen LogP contribution in [0.2, 0.25) is 0 Å². The summed E-state index contributed by atoms with van der Waals surface area (Å²) in [6.45, 7) is 6.31. The lowest BCUT2D eigenvalue weighted by atomic mass is 10.1. The second-order valence-electron chi connectivity index (χ2n) is 6.22. The van der Waals surface area contributed by atoms with Gasteiger partial charge in [-0.05, 0) is 43.8 Å². The molecule has 24 heavy (non-hydrogen) atoms. The summed E-state index contributed by atoms with van der Waals surface area (Å²) in [4.78, 5) is 17.2. The Kier molecular flexibility index (Phi) is 5.20. The van der Waals surface area contributed by atoms with Crippen LogP contribution in [0.15, 0.2) is 42.7 Å². The second kappa shape index (κ2) is 7.53. The number of rotatable bonds is 5. The molecule has 2 heterocycles. The highest BCUT2D eigenvalue weighted by Gasteiger charge is 2.21. The van der Waals surface area contributed by atoms with E-state index in [1.807, 2.05) is 48.1 Å². The predicted octanol–water partition coefficient (Wildman–Crippen LogP) is 2.80. The van der Waals surface area contributed by atoms with Crippen molar-refractivity contribution in [3.8, 4) is 5.69 Å². The van der Waals surface area contributed by atoms with E-state index in [1.165, 1.54) is 0 Å². The lowest BCUT2D eigenvalue weighted by Gasteiger charge is -2.35. The van der Waals surface area contributed by atoms with Gasteiger partial charge in [-0.15, -0.1) is 0 Å². The summed E-state index contributed by atoms with van der Waals surface area (Å²) < 4.78 is 7.42. The molecule has 1 aliphatic heterocycles. The van der Waals surface area contributed by atoms with E-state index in [1.54, 1.807) is 0 Å². The highest BCUT2D eigenvalue weighted by atomic mass is 16.5. The number of hydrogen-bond acceptors (Lipinski definition) is 4. The van der Waals surface area contributed by atoms with Gasteiger partial charge >= 0.3 is 5.97 Å². The first kappa shape index (κ1) is 16.6. The van der Waals surface area contributed by atoms with Gasteiger partial charge in [-0.1, -0.05) is 6.92 Å². The summed E-state index contributed by atoms with van der Waals surface area (Å²) >= 11 is 0. The zero-order valence-electron chi connectivity index (χ0n) is 14.4. The standard InChI is InChI=1S/C19H25N3O2/c1-3-14-24-19(23)17-15-16(21-8-4-5-9-21)6-7-18(17)22-12-10-20(2)11-13-22/h4-9,15H,3,10-14H2,1-2H3. The molecule has 1 fully saturated rings. The second-order valence-corrected chi connectivity index (χ2v) is 6.22. The quantitative estimate of drug-likeness (QED) is 0.792. The van der Waals surface area contributed by atoms with Crippen LogP contribution in [0.5, 0.6) is 0 Å². The molecule has 1 aliphatic rings. The third-order valence-electron chi connectivity index (χ3n) is 4.38. The molecule has 0 aliphatic carbocycles. The highest BCUT2D eigenvalue weighted by molar-refractivity contribution is 5.96. The van der Waals surface area contributed by atoms with Crippen molar-refractivity contribution < 1.29 is 9.53 Å². The SMILES string of the molecule is CCCOC(=O)c1cc(-n2cccc2)ccc1N1CCN(C)CC1. The minimum absolute atomic E-state index is 0.236. The van der Waals surface area contributed by atoms with E-state index >= 15 is 0 Å². The van der Waals surface area contributed by atoms with E-state index in [4.69, 9.17) is 4.74 Å². The third-order valence-corrected chi connectivity index (χ3v) is 4.38. The van der Waals surface area contributed by atoms with Gasteiger partial charge in [0.2, 0.25) is 0 Å². The third kappa shape index (κ3) is 3.62. The molecule has 3 rings (SSSR count). The summed E-state index contributed by atoms with van der Waals surface area (Å²) in [7, 11) is 2.13. The van der Waals surface area contributed by atoms with Crippen LogP contribution in [0.1, 0.15) is 23.7 Å². The highest BCUT2D eigenvalue weighted by Crippen LogP contribution is 2.26. The number of aromatic nitrogens is 1. The van der Waals surface area contributed by atoms with Gasteiger partial charge < -0.3 is 19.1 Å². The van der Waals surface area contributed by atoms with Crippen molar-refractivity contribution in [3.05, 3.63) is 48.3 Å². The van der Waals surface area contributed by atoms with Crippen LogP contribution < -0.4 is 4.90 Å². The Morgan fingerprint density at radius 2 is 1.83 bits per heavy atom. The van der Waals surface area contributed by atoms with Crippen LogP contribution in [-0.4, -0.2) is 55.3 Å². The first-order valence-corrected chi connectivity index (χ1v) is 8.57. The summed E-state index contributed by atoms with van der Waals surface area (Å²) in [5.74, 6) is -0.236. The maximum Gasteiger partial charge on any atom is 0.340 e. The molecule has 0 unspecified atom stereocenters. The number of anilines is 1. The first-order chi connectivity index (χ1) is 11.7. The van der Waals surface area contributed by atoms with Gasteiger partial charge in [0.25, 0.3) is 0 Å². The van der Waals surface area contributed by atoms with E-state index in [-0.39, 0.29) is 5.97 Å². The summed E-state index contributed by atoms with van der Waals surface area (Å²) in [6.07, 6.45) is 4.78. The van der Waals surface area contributed by atoms with E-state index in [0.717, 1.165) is 44.0 Å². The molecule has 0 amide bonds. The zero-order chi connectivity index (χ0) is 16.9. The smallest absolute Gasteiger partial charge is 0.340 e. The number of likely N-dealkylation sites (N-methyl/N-ethyl adjacent to an activating group) is 1. The van der Waals surface area contributed by atoms with E-state index < -0.39 is 0 Å². The molecule has 0 radical (unpaired) electrons. The van der Waals surface area contributed by atoms with E-state index in [9.17, 15) is 4.79 Å². The van der Waals surface area contributed by atoms with E-state index in [0.29, 0.717) is 12.2 Å². The van der Waals surface area contributed by atoms with Crippen LogP contribution in [0.25, 0.3) is 5.69 Å². The van der Waals surface area contributed by atoms with Gasteiger partial charge in [0.05, 0.1) is 17.9 Å².